The fourth-order valence-corrected chi connectivity index (χ4v) is 1.43. The van der Waals surface area contributed by atoms with Crippen LogP contribution in [-0.2, 0) is 4.74 Å². The molecule has 0 rings (SSSR count). The number of rotatable bonds is 8. The molecule has 3 heteroatoms. The van der Waals surface area contributed by atoms with Crippen molar-refractivity contribution in [3.63, 3.8) is 0 Å². The Morgan fingerprint density at radius 2 is 1.92 bits per heavy atom. The van der Waals surface area contributed by atoms with Crippen LogP contribution in [0, 0.1) is 0 Å². The van der Waals surface area contributed by atoms with Crippen molar-refractivity contribution in [1.82, 2.24) is 4.90 Å². The Balaban J connectivity index is 3.15. The van der Waals surface area contributed by atoms with Crippen LogP contribution in [0.5, 0.6) is 0 Å². The van der Waals surface area contributed by atoms with E-state index in [2.05, 4.69) is 41.7 Å². The first-order valence-electron chi connectivity index (χ1n) is 5.03. The van der Waals surface area contributed by atoms with Gasteiger partial charge in [0.1, 0.15) is 0 Å². The third-order valence-electron chi connectivity index (χ3n) is 1.85. The van der Waals surface area contributed by atoms with E-state index in [-0.39, 0.29) is 0 Å². The molecule has 13 heavy (non-hydrogen) atoms. The van der Waals surface area contributed by atoms with Crippen LogP contribution in [0.15, 0.2) is 0 Å². The fourth-order valence-electron chi connectivity index (χ4n) is 1.03. The molecule has 0 heterocycles. The molecular formula is C10H22BrNO. The lowest BCUT2D eigenvalue weighted by molar-refractivity contribution is 0.0637. The minimum atomic E-state index is 0.357. The number of alkyl halides is 1. The molecule has 0 aromatic rings. The predicted octanol–water partition coefficient (Wildman–Crippen LogP) is 2.52. The van der Waals surface area contributed by atoms with Gasteiger partial charge in [0.2, 0.25) is 0 Å². The number of ether oxygens (including phenoxy) is 1. The van der Waals surface area contributed by atoms with Gasteiger partial charge in [-0.15, -0.1) is 0 Å². The summed E-state index contributed by atoms with van der Waals surface area (Å²) in [6, 6.07) is 0. The summed E-state index contributed by atoms with van der Waals surface area (Å²) >= 11 is 3.43. The molecule has 0 aliphatic heterocycles. The molecule has 0 fully saturated rings. The maximum absolute atomic E-state index is 5.47. The highest BCUT2D eigenvalue weighted by molar-refractivity contribution is 9.09. The van der Waals surface area contributed by atoms with E-state index in [0.717, 1.165) is 18.5 Å². The largest absolute Gasteiger partial charge is 0.377 e. The van der Waals surface area contributed by atoms with Crippen molar-refractivity contribution in [1.29, 1.82) is 0 Å². The van der Waals surface area contributed by atoms with Crippen molar-refractivity contribution in [2.24, 2.45) is 0 Å². The molecule has 0 aliphatic rings. The minimum absolute atomic E-state index is 0.357. The summed E-state index contributed by atoms with van der Waals surface area (Å²) < 4.78 is 5.47. The predicted molar refractivity (Wildman–Crippen MR) is 61.6 cm³/mol. The molecule has 0 unspecified atom stereocenters. The Morgan fingerprint density at radius 3 is 2.46 bits per heavy atom. The van der Waals surface area contributed by atoms with Gasteiger partial charge in [-0.3, -0.25) is 0 Å². The van der Waals surface area contributed by atoms with Gasteiger partial charge in [-0.25, -0.2) is 0 Å². The van der Waals surface area contributed by atoms with Gasteiger partial charge in [-0.1, -0.05) is 15.9 Å². The third kappa shape index (κ3) is 10.3. The number of hydrogen-bond acceptors (Lipinski definition) is 2. The molecule has 0 amide bonds. The standard InChI is InChI=1S/C10H22BrNO/c1-10(2)13-9-8-12(3)7-5-4-6-11/h10H,4-9H2,1-3H3. The summed E-state index contributed by atoms with van der Waals surface area (Å²) in [7, 11) is 2.15. The van der Waals surface area contributed by atoms with E-state index in [1.807, 2.05) is 0 Å². The zero-order valence-electron chi connectivity index (χ0n) is 9.05. The highest BCUT2D eigenvalue weighted by Gasteiger charge is 1.98. The van der Waals surface area contributed by atoms with Crippen molar-refractivity contribution in [3.05, 3.63) is 0 Å². The summed E-state index contributed by atoms with van der Waals surface area (Å²) in [4.78, 5) is 2.32. The third-order valence-corrected chi connectivity index (χ3v) is 2.41. The van der Waals surface area contributed by atoms with Crippen LogP contribution in [0.2, 0.25) is 0 Å². The molecule has 0 aromatic heterocycles. The summed E-state index contributed by atoms with van der Waals surface area (Å²) in [5.74, 6) is 0. The molecule has 80 valence electrons. The quantitative estimate of drug-likeness (QED) is 0.486. The van der Waals surface area contributed by atoms with Crippen molar-refractivity contribution < 1.29 is 4.74 Å². The van der Waals surface area contributed by atoms with Gasteiger partial charge in [0.15, 0.2) is 0 Å². The van der Waals surface area contributed by atoms with E-state index in [1.54, 1.807) is 0 Å². The molecule has 0 radical (unpaired) electrons. The minimum Gasteiger partial charge on any atom is -0.377 e. The van der Waals surface area contributed by atoms with Gasteiger partial charge in [0.05, 0.1) is 12.7 Å². The zero-order chi connectivity index (χ0) is 10.1. The molecule has 0 spiro atoms. The van der Waals surface area contributed by atoms with E-state index in [4.69, 9.17) is 4.74 Å². The fraction of sp³-hybridized carbons (Fsp3) is 1.00. The highest BCUT2D eigenvalue weighted by Crippen LogP contribution is 1.96. The summed E-state index contributed by atoms with van der Waals surface area (Å²) in [5.41, 5.74) is 0. The monoisotopic (exact) mass is 251 g/mol. The molecule has 0 aromatic carbocycles. The first-order valence-corrected chi connectivity index (χ1v) is 6.15. The van der Waals surface area contributed by atoms with Crippen LogP contribution in [0.1, 0.15) is 26.7 Å². The Kier molecular flexibility index (Phi) is 9.25. The Bertz CT molecular complexity index is 109. The van der Waals surface area contributed by atoms with Gasteiger partial charge in [0, 0.05) is 11.9 Å². The van der Waals surface area contributed by atoms with Gasteiger partial charge >= 0.3 is 0 Å². The van der Waals surface area contributed by atoms with Crippen LogP contribution < -0.4 is 0 Å². The van der Waals surface area contributed by atoms with E-state index in [0.29, 0.717) is 6.10 Å². The lowest BCUT2D eigenvalue weighted by atomic mass is 10.3. The molecule has 0 aliphatic carbocycles. The maximum Gasteiger partial charge on any atom is 0.0596 e. The highest BCUT2D eigenvalue weighted by atomic mass is 79.9. The van der Waals surface area contributed by atoms with Crippen LogP contribution in [0.3, 0.4) is 0 Å². The molecular weight excluding hydrogens is 230 g/mol. The normalized spacial score (nSPS) is 11.5. The second kappa shape index (κ2) is 8.97. The van der Waals surface area contributed by atoms with Gasteiger partial charge < -0.3 is 9.64 Å². The SMILES string of the molecule is CC(C)OCCN(C)CCCCBr. The van der Waals surface area contributed by atoms with E-state index in [9.17, 15) is 0 Å². The van der Waals surface area contributed by atoms with Crippen LogP contribution in [-0.4, -0.2) is 43.1 Å². The molecule has 0 saturated heterocycles. The molecule has 0 saturated carbocycles. The lowest BCUT2D eigenvalue weighted by Crippen LogP contribution is -2.25. The van der Waals surface area contributed by atoms with Crippen molar-refractivity contribution >= 4 is 15.9 Å². The van der Waals surface area contributed by atoms with Gasteiger partial charge in [-0.05, 0) is 40.3 Å². The Hall–Kier alpha value is 0.400. The summed E-state index contributed by atoms with van der Waals surface area (Å²) in [6.45, 7) is 7.21. The molecule has 2 nitrogen and oxygen atoms in total. The number of nitrogens with zero attached hydrogens (tertiary/aromatic N) is 1. The van der Waals surface area contributed by atoms with Crippen LogP contribution in [0.25, 0.3) is 0 Å². The lowest BCUT2D eigenvalue weighted by Gasteiger charge is -2.17. The van der Waals surface area contributed by atoms with E-state index >= 15 is 0 Å². The summed E-state index contributed by atoms with van der Waals surface area (Å²) in [6.07, 6.45) is 2.88. The smallest absolute Gasteiger partial charge is 0.0596 e. The van der Waals surface area contributed by atoms with Gasteiger partial charge in [0.25, 0.3) is 0 Å². The average Bonchev–Trinajstić information content (AvgIpc) is 2.04. The zero-order valence-corrected chi connectivity index (χ0v) is 10.6. The van der Waals surface area contributed by atoms with E-state index in [1.165, 1.54) is 19.4 Å². The van der Waals surface area contributed by atoms with E-state index < -0.39 is 0 Å². The molecule has 0 atom stereocenters. The van der Waals surface area contributed by atoms with Crippen molar-refractivity contribution in [3.8, 4) is 0 Å². The first kappa shape index (κ1) is 13.4. The topological polar surface area (TPSA) is 12.5 Å². The second-order valence-corrected chi connectivity index (χ2v) is 4.41. The number of hydrogen-bond donors (Lipinski definition) is 0. The number of likely N-dealkylation sites (N-methyl/N-ethyl adjacent to an activating group) is 1. The second-order valence-electron chi connectivity index (χ2n) is 3.62. The van der Waals surface area contributed by atoms with Crippen LogP contribution in [0.4, 0.5) is 0 Å². The maximum atomic E-state index is 5.47. The Morgan fingerprint density at radius 1 is 1.23 bits per heavy atom. The van der Waals surface area contributed by atoms with Crippen molar-refractivity contribution in [2.45, 2.75) is 32.8 Å². The number of halogens is 1. The Labute approximate surface area is 90.8 Å². The van der Waals surface area contributed by atoms with Crippen molar-refractivity contribution in [2.75, 3.05) is 32.1 Å². The summed E-state index contributed by atoms with van der Waals surface area (Å²) in [5, 5.41) is 1.11. The number of unbranched alkanes of at least 4 members (excludes halogenated alkanes) is 1. The average molecular weight is 252 g/mol. The van der Waals surface area contributed by atoms with Crippen LogP contribution >= 0.6 is 15.9 Å². The first-order chi connectivity index (χ1) is 6.16. The molecule has 0 bridgehead atoms. The van der Waals surface area contributed by atoms with Gasteiger partial charge in [-0.2, -0.15) is 0 Å². The molecule has 0 N–H and O–H groups in total.